The molecule has 2 nitrogen and oxygen atoms in total. The van der Waals surface area contributed by atoms with E-state index in [9.17, 15) is 0 Å². The average molecular weight is 289 g/mol. The van der Waals surface area contributed by atoms with Gasteiger partial charge in [-0.15, -0.1) is 0 Å². The third-order valence-corrected chi connectivity index (χ3v) is 4.30. The summed E-state index contributed by atoms with van der Waals surface area (Å²) in [5, 5.41) is 3.58. The molecule has 0 bridgehead atoms. The summed E-state index contributed by atoms with van der Waals surface area (Å²) < 4.78 is 6.35. The minimum absolute atomic E-state index is 0.0739. The maximum absolute atomic E-state index is 6.35. The Labute approximate surface area is 130 Å². The zero-order chi connectivity index (χ0) is 15.3. The fourth-order valence-corrected chi connectivity index (χ4v) is 2.90. The molecule has 1 saturated carbocycles. The molecule has 21 heavy (non-hydrogen) atoms. The highest BCUT2D eigenvalue weighted by atomic mass is 16.5. The second kappa shape index (κ2) is 6.83. The van der Waals surface area contributed by atoms with Crippen LogP contribution >= 0.6 is 0 Å². The van der Waals surface area contributed by atoms with Gasteiger partial charge in [0.1, 0.15) is 11.4 Å². The van der Waals surface area contributed by atoms with Gasteiger partial charge in [-0.1, -0.05) is 25.5 Å². The van der Waals surface area contributed by atoms with Gasteiger partial charge in [0, 0.05) is 5.54 Å². The van der Waals surface area contributed by atoms with Crippen molar-refractivity contribution in [3.05, 3.63) is 29.8 Å². The van der Waals surface area contributed by atoms with Crippen LogP contribution in [0, 0.1) is 0 Å². The van der Waals surface area contributed by atoms with Crippen LogP contribution in [-0.2, 0) is 6.42 Å². The molecule has 0 spiro atoms. The maximum Gasteiger partial charge on any atom is 0.120 e. The lowest BCUT2D eigenvalue weighted by Crippen LogP contribution is -2.47. The third kappa shape index (κ3) is 5.03. The highest BCUT2D eigenvalue weighted by molar-refractivity contribution is 5.28. The van der Waals surface area contributed by atoms with E-state index in [0.29, 0.717) is 0 Å². The van der Waals surface area contributed by atoms with Crippen LogP contribution in [-0.4, -0.2) is 17.7 Å². The predicted molar refractivity (Wildman–Crippen MR) is 90.0 cm³/mol. The fraction of sp³-hybridized carbons (Fsp3) is 0.684. The number of aryl methyl sites for hydroxylation is 1. The van der Waals surface area contributed by atoms with Gasteiger partial charge < -0.3 is 10.1 Å². The van der Waals surface area contributed by atoms with E-state index < -0.39 is 0 Å². The molecule has 0 saturated heterocycles. The summed E-state index contributed by atoms with van der Waals surface area (Å²) in [6.45, 7) is 9.89. The summed E-state index contributed by atoms with van der Waals surface area (Å²) in [4.78, 5) is 0. The molecule has 1 N–H and O–H groups in total. The Kier molecular flexibility index (Phi) is 5.32. The van der Waals surface area contributed by atoms with Crippen molar-refractivity contribution in [1.29, 1.82) is 0 Å². The van der Waals surface area contributed by atoms with Crippen LogP contribution in [0.4, 0.5) is 0 Å². The van der Waals surface area contributed by atoms with Gasteiger partial charge in [0.05, 0.1) is 0 Å². The van der Waals surface area contributed by atoms with Crippen molar-refractivity contribution in [1.82, 2.24) is 5.32 Å². The first-order valence-corrected chi connectivity index (χ1v) is 8.45. The SMILES string of the molecule is CCCc1ccc(OC2(CCNC(C)(C)C)CCC2)cc1. The summed E-state index contributed by atoms with van der Waals surface area (Å²) in [6.07, 6.45) is 7.12. The number of rotatable bonds is 7. The summed E-state index contributed by atoms with van der Waals surface area (Å²) in [6, 6.07) is 8.70. The molecule has 0 aromatic heterocycles. The van der Waals surface area contributed by atoms with Crippen LogP contribution in [0.3, 0.4) is 0 Å². The maximum atomic E-state index is 6.35. The van der Waals surface area contributed by atoms with E-state index in [1.54, 1.807) is 0 Å². The van der Waals surface area contributed by atoms with Gasteiger partial charge in [-0.2, -0.15) is 0 Å². The fourth-order valence-electron chi connectivity index (χ4n) is 2.90. The monoisotopic (exact) mass is 289 g/mol. The van der Waals surface area contributed by atoms with Crippen LogP contribution in [0.2, 0.25) is 0 Å². The van der Waals surface area contributed by atoms with E-state index in [1.165, 1.54) is 31.2 Å². The van der Waals surface area contributed by atoms with Crippen molar-refractivity contribution in [2.75, 3.05) is 6.54 Å². The Balaban J connectivity index is 1.89. The Hall–Kier alpha value is -1.02. The number of hydrogen-bond acceptors (Lipinski definition) is 2. The molecule has 0 radical (unpaired) electrons. The van der Waals surface area contributed by atoms with Crippen molar-refractivity contribution in [2.24, 2.45) is 0 Å². The minimum atomic E-state index is 0.0739. The third-order valence-electron chi connectivity index (χ3n) is 4.30. The highest BCUT2D eigenvalue weighted by Gasteiger charge is 2.39. The molecule has 1 fully saturated rings. The molecule has 0 atom stereocenters. The first kappa shape index (κ1) is 16.4. The molecule has 0 amide bonds. The molecule has 1 aliphatic carbocycles. The Morgan fingerprint density at radius 2 is 1.81 bits per heavy atom. The first-order chi connectivity index (χ1) is 9.92. The molecule has 1 aromatic rings. The van der Waals surface area contributed by atoms with Gasteiger partial charge in [0.25, 0.3) is 0 Å². The second-order valence-electron chi connectivity index (χ2n) is 7.46. The summed E-state index contributed by atoms with van der Waals surface area (Å²) >= 11 is 0. The zero-order valence-corrected chi connectivity index (χ0v) is 14.2. The lowest BCUT2D eigenvalue weighted by atomic mass is 9.77. The standard InChI is InChI=1S/C19H31NO/c1-5-7-16-8-10-17(11-9-16)21-19(12-6-13-19)14-15-20-18(2,3)4/h8-11,20H,5-7,12-15H2,1-4H3. The molecule has 118 valence electrons. The summed E-state index contributed by atoms with van der Waals surface area (Å²) in [7, 11) is 0. The first-order valence-electron chi connectivity index (χ1n) is 8.45. The van der Waals surface area contributed by atoms with Crippen LogP contribution in [0.1, 0.15) is 65.4 Å². The molecular formula is C19H31NO. The van der Waals surface area contributed by atoms with Crippen LogP contribution in [0.5, 0.6) is 5.75 Å². The number of hydrogen-bond donors (Lipinski definition) is 1. The van der Waals surface area contributed by atoms with Gasteiger partial charge in [-0.05, 0) is 77.1 Å². The molecular weight excluding hydrogens is 258 g/mol. The van der Waals surface area contributed by atoms with E-state index in [4.69, 9.17) is 4.74 Å². The number of benzene rings is 1. The van der Waals surface area contributed by atoms with Gasteiger partial charge in [0.15, 0.2) is 0 Å². The molecule has 2 rings (SSSR count). The van der Waals surface area contributed by atoms with Crippen molar-refractivity contribution in [2.45, 2.75) is 77.4 Å². The van der Waals surface area contributed by atoms with Crippen molar-refractivity contribution >= 4 is 0 Å². The predicted octanol–water partition coefficient (Wildman–Crippen LogP) is 4.72. The highest BCUT2D eigenvalue weighted by Crippen LogP contribution is 2.39. The molecule has 0 heterocycles. The van der Waals surface area contributed by atoms with Gasteiger partial charge in [-0.3, -0.25) is 0 Å². The van der Waals surface area contributed by atoms with E-state index in [2.05, 4.69) is 57.3 Å². The van der Waals surface area contributed by atoms with Gasteiger partial charge >= 0.3 is 0 Å². The topological polar surface area (TPSA) is 21.3 Å². The van der Waals surface area contributed by atoms with E-state index >= 15 is 0 Å². The van der Waals surface area contributed by atoms with Crippen molar-refractivity contribution in [3.8, 4) is 5.75 Å². The van der Waals surface area contributed by atoms with Crippen LogP contribution < -0.4 is 10.1 Å². The zero-order valence-electron chi connectivity index (χ0n) is 14.2. The van der Waals surface area contributed by atoms with Gasteiger partial charge in [-0.25, -0.2) is 0 Å². The number of nitrogens with one attached hydrogen (secondary N) is 1. The van der Waals surface area contributed by atoms with Gasteiger partial charge in [0.2, 0.25) is 0 Å². The van der Waals surface area contributed by atoms with Crippen molar-refractivity contribution < 1.29 is 4.74 Å². The minimum Gasteiger partial charge on any atom is -0.487 e. The smallest absolute Gasteiger partial charge is 0.120 e. The van der Waals surface area contributed by atoms with E-state index in [0.717, 1.165) is 25.1 Å². The lowest BCUT2D eigenvalue weighted by molar-refractivity contribution is -0.0152. The van der Waals surface area contributed by atoms with E-state index in [-0.39, 0.29) is 11.1 Å². The largest absolute Gasteiger partial charge is 0.487 e. The van der Waals surface area contributed by atoms with Crippen LogP contribution in [0.15, 0.2) is 24.3 Å². The summed E-state index contributed by atoms with van der Waals surface area (Å²) in [5.74, 6) is 1.03. The molecule has 1 aliphatic rings. The summed E-state index contributed by atoms with van der Waals surface area (Å²) in [5.41, 5.74) is 1.67. The molecule has 0 unspecified atom stereocenters. The Morgan fingerprint density at radius 3 is 2.29 bits per heavy atom. The average Bonchev–Trinajstić information content (AvgIpc) is 2.37. The lowest BCUT2D eigenvalue weighted by Gasteiger charge is -2.42. The Morgan fingerprint density at radius 1 is 1.14 bits per heavy atom. The quantitative estimate of drug-likeness (QED) is 0.784. The molecule has 1 aromatic carbocycles. The molecule has 0 aliphatic heterocycles. The second-order valence-corrected chi connectivity index (χ2v) is 7.46. The normalized spacial score (nSPS) is 17.3. The Bertz CT molecular complexity index is 426. The van der Waals surface area contributed by atoms with Crippen molar-refractivity contribution in [3.63, 3.8) is 0 Å². The van der Waals surface area contributed by atoms with E-state index in [1.807, 2.05) is 0 Å². The van der Waals surface area contributed by atoms with Crippen LogP contribution in [0.25, 0.3) is 0 Å². The number of ether oxygens (including phenoxy) is 1. The molecule has 2 heteroatoms.